The van der Waals surface area contributed by atoms with Gasteiger partial charge in [-0.2, -0.15) is 22.8 Å². The minimum Gasteiger partial charge on any atom is -0.870 e. The number of rotatable bonds is 8. The fraction of sp³-hybridized carbons (Fsp3) is 0.450. The molecular weight excluding hydrogens is 353 g/mol. The summed E-state index contributed by atoms with van der Waals surface area (Å²) in [5.74, 6) is 0. The number of hydrogen-bond donors (Lipinski definition) is 1. The normalized spacial score (nSPS) is 10.4. The maximum absolute atomic E-state index is 11.5. The molecule has 1 heterocycles. The van der Waals surface area contributed by atoms with Gasteiger partial charge in [0.15, 0.2) is 0 Å². The number of amides is 1. The fourth-order valence-electron chi connectivity index (χ4n) is 2.48. The second kappa shape index (κ2) is 12.4. The SMILES string of the molecule is CC(C)(C)OC(=O)NCCCCCn1cc(-c2cccc([C-]=O)c2)cn1.[Li+].[OH-]. The van der Waals surface area contributed by atoms with E-state index in [1.807, 2.05) is 50.1 Å². The molecule has 0 radical (unpaired) electrons. The van der Waals surface area contributed by atoms with Gasteiger partial charge in [-0.1, -0.05) is 11.6 Å². The van der Waals surface area contributed by atoms with E-state index in [-0.39, 0.29) is 30.4 Å². The van der Waals surface area contributed by atoms with E-state index in [4.69, 9.17) is 4.74 Å². The number of carbonyl (C=O) groups is 1. The molecule has 2 aromatic rings. The number of unbranched alkanes of at least 4 members (excludes halogenated alkanes) is 2. The third-order valence-electron chi connectivity index (χ3n) is 3.68. The molecule has 0 aliphatic carbocycles. The third-order valence-corrected chi connectivity index (χ3v) is 3.68. The number of alkyl carbamates (subject to hydrolysis) is 1. The zero-order valence-electron chi connectivity index (χ0n) is 17.1. The molecule has 0 bridgehead atoms. The van der Waals surface area contributed by atoms with Crippen LogP contribution in [0.1, 0.15) is 45.6 Å². The van der Waals surface area contributed by atoms with Gasteiger partial charge in [0.2, 0.25) is 0 Å². The summed E-state index contributed by atoms with van der Waals surface area (Å²) in [6.07, 6.45) is 8.16. The first kappa shape index (κ1) is 25.9. The standard InChI is InChI=1S/C20H26N3O3.Li.H2O/c1-20(2,3)26-19(25)21-10-5-4-6-11-23-14-18(13-22-23)17-9-7-8-16(12-17)15-24;;/h7-9,12-14H,4-6,10-11H2,1-3H3,(H,21,25);;1H2/q-1;+1;/p-1. The van der Waals surface area contributed by atoms with Gasteiger partial charge in [0.05, 0.1) is 12.5 Å². The van der Waals surface area contributed by atoms with Crippen LogP contribution in [0.15, 0.2) is 36.7 Å². The Morgan fingerprint density at radius 1 is 1.21 bits per heavy atom. The van der Waals surface area contributed by atoms with Crippen LogP contribution in [0.4, 0.5) is 4.79 Å². The van der Waals surface area contributed by atoms with Crippen LogP contribution in [0.25, 0.3) is 11.1 Å². The van der Waals surface area contributed by atoms with E-state index in [9.17, 15) is 9.59 Å². The zero-order chi connectivity index (χ0) is 19.0. The molecule has 0 aliphatic heterocycles. The molecule has 0 saturated heterocycles. The average Bonchev–Trinajstić information content (AvgIpc) is 3.05. The number of nitrogens with zero attached hydrogens (tertiary/aromatic N) is 2. The van der Waals surface area contributed by atoms with Crippen LogP contribution in [-0.2, 0) is 16.1 Å². The molecule has 1 amide bonds. The van der Waals surface area contributed by atoms with Crippen molar-refractivity contribution in [1.82, 2.24) is 15.1 Å². The van der Waals surface area contributed by atoms with Gasteiger partial charge in [-0.15, -0.1) is 6.07 Å². The van der Waals surface area contributed by atoms with E-state index in [2.05, 4.69) is 10.4 Å². The Hall–Kier alpha value is -2.07. The quantitative estimate of drug-likeness (QED) is 0.409. The fourth-order valence-corrected chi connectivity index (χ4v) is 2.48. The smallest absolute Gasteiger partial charge is 0.870 e. The summed E-state index contributed by atoms with van der Waals surface area (Å²) in [4.78, 5) is 22.3. The van der Waals surface area contributed by atoms with Crippen molar-refractivity contribution in [2.24, 2.45) is 0 Å². The number of hydrogen-bond acceptors (Lipinski definition) is 5. The van der Waals surface area contributed by atoms with Gasteiger partial charge >= 0.3 is 25.0 Å². The van der Waals surface area contributed by atoms with Crippen LogP contribution in [0.5, 0.6) is 0 Å². The van der Waals surface area contributed by atoms with Crippen LogP contribution in [0, 0.1) is 0 Å². The van der Waals surface area contributed by atoms with Crippen LogP contribution < -0.4 is 24.2 Å². The molecule has 2 N–H and O–H groups in total. The molecule has 1 aromatic carbocycles. The molecule has 1 aromatic heterocycles. The number of aryl methyl sites for hydroxylation is 1. The Kier molecular flexibility index (Phi) is 11.5. The molecular formula is C20H27LiN3O4-. The Morgan fingerprint density at radius 3 is 2.64 bits per heavy atom. The molecule has 8 heteroatoms. The Morgan fingerprint density at radius 2 is 1.96 bits per heavy atom. The average molecular weight is 380 g/mol. The molecule has 0 atom stereocenters. The number of carbonyl (C=O) groups excluding carboxylic acids is 2. The van der Waals surface area contributed by atoms with Crippen LogP contribution in [0.3, 0.4) is 0 Å². The molecule has 28 heavy (non-hydrogen) atoms. The molecule has 0 fully saturated rings. The minimum absolute atomic E-state index is 0. The van der Waals surface area contributed by atoms with Crippen molar-refractivity contribution in [3.8, 4) is 11.1 Å². The second-order valence-corrected chi connectivity index (χ2v) is 7.16. The van der Waals surface area contributed by atoms with Crippen LogP contribution >= 0.6 is 0 Å². The summed E-state index contributed by atoms with van der Waals surface area (Å²) in [6, 6.07) is 7.32. The van der Waals surface area contributed by atoms with Gasteiger partial charge in [-0.25, -0.2) is 4.79 Å². The Bertz CT molecular complexity index is 741. The number of benzene rings is 1. The van der Waals surface area contributed by atoms with Gasteiger partial charge in [0, 0.05) is 24.8 Å². The van der Waals surface area contributed by atoms with Gasteiger partial charge in [-0.05, 0) is 40.0 Å². The molecule has 0 spiro atoms. The maximum atomic E-state index is 11.5. The summed E-state index contributed by atoms with van der Waals surface area (Å²) in [6.45, 7) is 6.95. The maximum Gasteiger partial charge on any atom is 1.00 e. The number of ether oxygens (including phenoxy) is 1. The van der Waals surface area contributed by atoms with Gasteiger partial charge < -0.3 is 20.3 Å². The predicted octanol–water partition coefficient (Wildman–Crippen LogP) is 0.530. The van der Waals surface area contributed by atoms with Crippen molar-refractivity contribution in [1.29, 1.82) is 0 Å². The van der Waals surface area contributed by atoms with Crippen molar-refractivity contribution < 1.29 is 38.7 Å². The molecule has 2 rings (SSSR count). The zero-order valence-corrected chi connectivity index (χ0v) is 17.1. The summed E-state index contributed by atoms with van der Waals surface area (Å²) in [7, 11) is 0. The molecule has 0 unspecified atom stereocenters. The van der Waals surface area contributed by atoms with Crippen molar-refractivity contribution in [3.63, 3.8) is 0 Å². The Labute approximate surface area is 178 Å². The second-order valence-electron chi connectivity index (χ2n) is 7.16. The van der Waals surface area contributed by atoms with E-state index in [0.29, 0.717) is 12.1 Å². The first-order chi connectivity index (χ1) is 12.4. The minimum atomic E-state index is -0.467. The van der Waals surface area contributed by atoms with Gasteiger partial charge in [0.1, 0.15) is 5.60 Å². The monoisotopic (exact) mass is 380 g/mol. The predicted molar refractivity (Wildman–Crippen MR) is 102 cm³/mol. The van der Waals surface area contributed by atoms with Gasteiger partial charge in [0.25, 0.3) is 0 Å². The van der Waals surface area contributed by atoms with Crippen molar-refractivity contribution >= 4 is 12.4 Å². The first-order valence-corrected chi connectivity index (χ1v) is 8.85. The molecule has 0 saturated carbocycles. The van der Waals surface area contributed by atoms with Gasteiger partial charge in [-0.3, -0.25) is 4.68 Å². The summed E-state index contributed by atoms with van der Waals surface area (Å²) in [5, 5.41) is 7.12. The van der Waals surface area contributed by atoms with E-state index < -0.39 is 5.60 Å². The first-order valence-electron chi connectivity index (χ1n) is 8.85. The van der Waals surface area contributed by atoms with Crippen LogP contribution in [0.2, 0.25) is 0 Å². The molecule has 0 aliphatic rings. The van der Waals surface area contributed by atoms with E-state index in [1.54, 1.807) is 18.3 Å². The van der Waals surface area contributed by atoms with Crippen molar-refractivity contribution in [2.45, 2.75) is 52.2 Å². The summed E-state index contributed by atoms with van der Waals surface area (Å²) >= 11 is 0. The van der Waals surface area contributed by atoms with E-state index in [0.717, 1.165) is 36.9 Å². The summed E-state index contributed by atoms with van der Waals surface area (Å²) in [5.41, 5.74) is 2.01. The van der Waals surface area contributed by atoms with Crippen molar-refractivity contribution in [3.05, 3.63) is 42.2 Å². The largest absolute Gasteiger partial charge is 1.00 e. The van der Waals surface area contributed by atoms with E-state index >= 15 is 0 Å². The van der Waals surface area contributed by atoms with E-state index in [1.165, 1.54) is 0 Å². The van der Waals surface area contributed by atoms with Crippen molar-refractivity contribution in [2.75, 3.05) is 6.54 Å². The third kappa shape index (κ3) is 9.22. The number of aromatic nitrogens is 2. The Balaban J connectivity index is 0.00000364. The number of nitrogens with one attached hydrogen (secondary N) is 1. The van der Waals surface area contributed by atoms with Crippen LogP contribution in [-0.4, -0.2) is 39.8 Å². The summed E-state index contributed by atoms with van der Waals surface area (Å²) < 4.78 is 7.08. The topological polar surface area (TPSA) is 103 Å². The molecule has 148 valence electrons. The molecule has 7 nitrogen and oxygen atoms in total.